The standard InChI is InChI=1S/C15H22N4O3/c20-15(19-8-10-21-11-9-19)18-12-2-4-13(5-3-12)22-14-16-6-1-7-17-14/h1,6-7,12-13H,2-5,8-11H2,(H,18,20). The average Bonchev–Trinajstić information content (AvgIpc) is 2.58. The van der Waals surface area contributed by atoms with Crippen molar-refractivity contribution in [1.82, 2.24) is 20.2 Å². The van der Waals surface area contributed by atoms with Crippen LogP contribution in [0.5, 0.6) is 6.01 Å². The minimum absolute atomic E-state index is 0.0269. The lowest BCUT2D eigenvalue weighted by atomic mass is 9.93. The van der Waals surface area contributed by atoms with Crippen molar-refractivity contribution in [3.8, 4) is 6.01 Å². The van der Waals surface area contributed by atoms with Gasteiger partial charge >= 0.3 is 12.0 Å². The van der Waals surface area contributed by atoms with Crippen LogP contribution in [0.4, 0.5) is 4.79 Å². The van der Waals surface area contributed by atoms with Gasteiger partial charge in [-0.3, -0.25) is 0 Å². The molecule has 0 bridgehead atoms. The predicted octanol–water partition coefficient (Wildman–Crippen LogP) is 1.21. The number of ether oxygens (including phenoxy) is 2. The van der Waals surface area contributed by atoms with E-state index in [1.165, 1.54) is 0 Å². The fraction of sp³-hybridized carbons (Fsp3) is 0.667. The molecule has 1 saturated heterocycles. The van der Waals surface area contributed by atoms with E-state index in [0.29, 0.717) is 32.3 Å². The van der Waals surface area contributed by atoms with Crippen molar-refractivity contribution in [1.29, 1.82) is 0 Å². The first-order chi connectivity index (χ1) is 10.8. The Morgan fingerprint density at radius 2 is 1.86 bits per heavy atom. The van der Waals surface area contributed by atoms with E-state index in [1.807, 2.05) is 4.90 Å². The fourth-order valence-electron chi connectivity index (χ4n) is 2.85. The summed E-state index contributed by atoms with van der Waals surface area (Å²) in [7, 11) is 0. The lowest BCUT2D eigenvalue weighted by Gasteiger charge is -2.32. The molecule has 0 spiro atoms. The highest BCUT2D eigenvalue weighted by Crippen LogP contribution is 2.22. The molecule has 1 N–H and O–H groups in total. The Morgan fingerprint density at radius 1 is 1.18 bits per heavy atom. The summed E-state index contributed by atoms with van der Waals surface area (Å²) in [5.74, 6) is 0. The van der Waals surface area contributed by atoms with Crippen LogP contribution in [-0.4, -0.2) is 59.3 Å². The second-order valence-corrected chi connectivity index (χ2v) is 5.67. The van der Waals surface area contributed by atoms with Crippen molar-refractivity contribution < 1.29 is 14.3 Å². The topological polar surface area (TPSA) is 76.6 Å². The molecule has 0 radical (unpaired) electrons. The molecule has 1 aromatic heterocycles. The van der Waals surface area contributed by atoms with Gasteiger partial charge in [0.2, 0.25) is 0 Å². The first-order valence-electron chi connectivity index (χ1n) is 7.88. The van der Waals surface area contributed by atoms with Gasteiger partial charge in [0.15, 0.2) is 0 Å². The molecule has 0 unspecified atom stereocenters. The van der Waals surface area contributed by atoms with Crippen molar-refractivity contribution in [2.24, 2.45) is 0 Å². The molecule has 2 aliphatic rings. The van der Waals surface area contributed by atoms with Crippen molar-refractivity contribution in [3.05, 3.63) is 18.5 Å². The average molecular weight is 306 g/mol. The van der Waals surface area contributed by atoms with Crippen LogP contribution in [0.1, 0.15) is 25.7 Å². The number of aromatic nitrogens is 2. The minimum Gasteiger partial charge on any atom is -0.460 e. The molecule has 2 amide bonds. The maximum Gasteiger partial charge on any atom is 0.317 e. The summed E-state index contributed by atoms with van der Waals surface area (Å²) >= 11 is 0. The zero-order chi connectivity index (χ0) is 15.2. The van der Waals surface area contributed by atoms with Gasteiger partial charge in [0.05, 0.1) is 13.2 Å². The Kier molecular flexibility index (Phi) is 5.05. The number of morpholine rings is 1. The number of carbonyl (C=O) groups excluding carboxylic acids is 1. The second-order valence-electron chi connectivity index (χ2n) is 5.67. The third-order valence-corrected chi connectivity index (χ3v) is 4.11. The summed E-state index contributed by atoms with van der Waals surface area (Å²) in [5, 5.41) is 3.12. The third-order valence-electron chi connectivity index (χ3n) is 4.11. The van der Waals surface area contributed by atoms with Gasteiger partial charge < -0.3 is 19.7 Å². The van der Waals surface area contributed by atoms with E-state index < -0.39 is 0 Å². The predicted molar refractivity (Wildman–Crippen MR) is 79.6 cm³/mol. The lowest BCUT2D eigenvalue weighted by Crippen LogP contribution is -2.50. The van der Waals surface area contributed by atoms with Gasteiger partial charge in [0.1, 0.15) is 6.10 Å². The highest BCUT2D eigenvalue weighted by Gasteiger charge is 2.26. The largest absolute Gasteiger partial charge is 0.460 e. The smallest absolute Gasteiger partial charge is 0.317 e. The third kappa shape index (κ3) is 4.07. The Bertz CT molecular complexity index is 471. The first kappa shape index (κ1) is 15.0. The summed E-state index contributed by atoms with van der Waals surface area (Å²) in [6.45, 7) is 2.61. The highest BCUT2D eigenvalue weighted by atomic mass is 16.5. The van der Waals surface area contributed by atoms with Crippen molar-refractivity contribution in [2.75, 3.05) is 26.3 Å². The molecule has 1 saturated carbocycles. The SMILES string of the molecule is O=C(NC1CCC(Oc2ncccn2)CC1)N1CCOCC1. The van der Waals surface area contributed by atoms with Crippen LogP contribution in [0.15, 0.2) is 18.5 Å². The molecule has 1 aliphatic carbocycles. The van der Waals surface area contributed by atoms with E-state index in [0.717, 1.165) is 25.7 Å². The fourth-order valence-corrected chi connectivity index (χ4v) is 2.85. The van der Waals surface area contributed by atoms with Crippen LogP contribution in [0.2, 0.25) is 0 Å². The molecular formula is C15H22N4O3. The van der Waals surface area contributed by atoms with E-state index in [2.05, 4.69) is 15.3 Å². The van der Waals surface area contributed by atoms with Crippen LogP contribution in [-0.2, 0) is 4.74 Å². The molecule has 7 heteroatoms. The van der Waals surface area contributed by atoms with Gasteiger partial charge in [-0.25, -0.2) is 14.8 Å². The molecule has 3 rings (SSSR count). The van der Waals surface area contributed by atoms with Gasteiger partial charge in [-0.15, -0.1) is 0 Å². The number of hydrogen-bond acceptors (Lipinski definition) is 5. The summed E-state index contributed by atoms with van der Waals surface area (Å²) in [5.41, 5.74) is 0. The van der Waals surface area contributed by atoms with Crippen molar-refractivity contribution >= 4 is 6.03 Å². The van der Waals surface area contributed by atoms with Gasteiger partial charge in [-0.05, 0) is 31.7 Å². The van der Waals surface area contributed by atoms with Crippen molar-refractivity contribution in [3.63, 3.8) is 0 Å². The molecule has 1 aliphatic heterocycles. The summed E-state index contributed by atoms with van der Waals surface area (Å²) in [6.07, 6.45) is 7.16. The number of rotatable bonds is 3. The molecule has 0 atom stereocenters. The molecule has 2 heterocycles. The Balaban J connectivity index is 1.40. The quantitative estimate of drug-likeness (QED) is 0.908. The lowest BCUT2D eigenvalue weighted by molar-refractivity contribution is 0.0513. The zero-order valence-corrected chi connectivity index (χ0v) is 12.6. The minimum atomic E-state index is 0.0269. The maximum atomic E-state index is 12.1. The molecule has 120 valence electrons. The van der Waals surface area contributed by atoms with Crippen LogP contribution >= 0.6 is 0 Å². The van der Waals surface area contributed by atoms with Gasteiger partial charge in [-0.2, -0.15) is 0 Å². The van der Waals surface area contributed by atoms with E-state index in [1.54, 1.807) is 18.5 Å². The number of amides is 2. The first-order valence-corrected chi connectivity index (χ1v) is 7.88. The van der Waals surface area contributed by atoms with Gasteiger partial charge in [-0.1, -0.05) is 0 Å². The molecule has 7 nitrogen and oxygen atoms in total. The Morgan fingerprint density at radius 3 is 2.55 bits per heavy atom. The normalized spacial score (nSPS) is 25.5. The van der Waals surface area contributed by atoms with Crippen molar-refractivity contribution in [2.45, 2.75) is 37.8 Å². The van der Waals surface area contributed by atoms with Crippen LogP contribution in [0.25, 0.3) is 0 Å². The number of hydrogen-bond donors (Lipinski definition) is 1. The molecule has 0 aromatic carbocycles. The number of nitrogens with zero attached hydrogens (tertiary/aromatic N) is 3. The van der Waals surface area contributed by atoms with Crippen LogP contribution in [0.3, 0.4) is 0 Å². The summed E-state index contributed by atoms with van der Waals surface area (Å²) in [4.78, 5) is 22.1. The van der Waals surface area contributed by atoms with E-state index in [9.17, 15) is 4.79 Å². The maximum absolute atomic E-state index is 12.1. The van der Waals surface area contributed by atoms with Crippen LogP contribution < -0.4 is 10.1 Å². The molecule has 22 heavy (non-hydrogen) atoms. The van der Waals surface area contributed by atoms with E-state index in [4.69, 9.17) is 9.47 Å². The highest BCUT2D eigenvalue weighted by molar-refractivity contribution is 5.74. The van der Waals surface area contributed by atoms with E-state index >= 15 is 0 Å². The zero-order valence-electron chi connectivity index (χ0n) is 12.6. The summed E-state index contributed by atoms with van der Waals surface area (Å²) in [6, 6.07) is 2.46. The Labute approximate surface area is 130 Å². The Hall–Kier alpha value is -1.89. The molecule has 1 aromatic rings. The summed E-state index contributed by atoms with van der Waals surface area (Å²) < 4.78 is 11.0. The van der Waals surface area contributed by atoms with Crippen LogP contribution in [0, 0.1) is 0 Å². The number of carbonyl (C=O) groups is 1. The monoisotopic (exact) mass is 306 g/mol. The second kappa shape index (κ2) is 7.40. The van der Waals surface area contributed by atoms with Gasteiger partial charge in [0, 0.05) is 31.5 Å². The number of nitrogens with one attached hydrogen (secondary N) is 1. The van der Waals surface area contributed by atoms with E-state index in [-0.39, 0.29) is 18.2 Å². The molecule has 2 fully saturated rings. The van der Waals surface area contributed by atoms with Gasteiger partial charge in [0.25, 0.3) is 0 Å². The molecular weight excluding hydrogens is 284 g/mol. The number of urea groups is 1.